The predicted octanol–water partition coefficient (Wildman–Crippen LogP) is 1.94. The summed E-state index contributed by atoms with van der Waals surface area (Å²) in [5.74, 6) is 1.01. The van der Waals surface area contributed by atoms with E-state index in [1.807, 2.05) is 0 Å². The largest absolute Gasteiger partial charge is 0.367 e. The van der Waals surface area contributed by atoms with Crippen LogP contribution in [0.2, 0.25) is 0 Å². The molecule has 3 heterocycles. The number of hydrogen-bond donors (Lipinski definition) is 2. The predicted molar refractivity (Wildman–Crippen MR) is 76.4 cm³/mol. The lowest BCUT2D eigenvalue weighted by Gasteiger charge is -2.11. The van der Waals surface area contributed by atoms with Crippen LogP contribution in [0.5, 0.6) is 0 Å². The highest BCUT2D eigenvalue weighted by atomic mass is 32.1. The molecule has 0 saturated carbocycles. The fraction of sp³-hybridized carbons (Fsp3) is 0.462. The summed E-state index contributed by atoms with van der Waals surface area (Å²) < 4.78 is 0. The molecule has 3 rings (SSSR count). The second-order valence-corrected chi connectivity index (χ2v) is 5.81. The van der Waals surface area contributed by atoms with Crippen LogP contribution in [0.25, 0.3) is 10.2 Å². The lowest BCUT2D eigenvalue weighted by atomic mass is 10.2. The van der Waals surface area contributed by atoms with Crippen LogP contribution in [0.1, 0.15) is 24.6 Å². The standard InChI is InChI=1S/C13H16N4OS/c1-2-9-5-10-12(15-7-16-13(10)19-9)14-6-8-3-4-11(18)17-8/h5,7-8H,2-4,6H2,1H3,(H,17,18)(H,14,15,16). The minimum Gasteiger partial charge on any atom is -0.367 e. The Morgan fingerprint density at radius 2 is 2.42 bits per heavy atom. The summed E-state index contributed by atoms with van der Waals surface area (Å²) in [5.41, 5.74) is 0. The van der Waals surface area contributed by atoms with Crippen LogP contribution < -0.4 is 10.6 Å². The lowest BCUT2D eigenvalue weighted by molar-refractivity contribution is -0.119. The maximum atomic E-state index is 11.2. The van der Waals surface area contributed by atoms with E-state index in [-0.39, 0.29) is 11.9 Å². The average molecular weight is 276 g/mol. The number of rotatable bonds is 4. The van der Waals surface area contributed by atoms with Crippen LogP contribution in [-0.4, -0.2) is 28.5 Å². The molecule has 2 aromatic rings. The van der Waals surface area contributed by atoms with E-state index in [1.54, 1.807) is 17.7 Å². The van der Waals surface area contributed by atoms with Gasteiger partial charge in [-0.3, -0.25) is 4.79 Å². The minimum atomic E-state index is 0.142. The van der Waals surface area contributed by atoms with Crippen molar-refractivity contribution >= 4 is 33.3 Å². The first kappa shape index (κ1) is 12.3. The number of fused-ring (bicyclic) bond motifs is 1. The van der Waals surface area contributed by atoms with Crippen molar-refractivity contribution in [2.24, 2.45) is 0 Å². The Balaban J connectivity index is 1.76. The first-order valence-electron chi connectivity index (χ1n) is 6.53. The summed E-state index contributed by atoms with van der Waals surface area (Å²) >= 11 is 1.71. The van der Waals surface area contributed by atoms with Crippen LogP contribution in [0.4, 0.5) is 5.82 Å². The average Bonchev–Trinajstić information content (AvgIpc) is 3.02. The number of aromatic nitrogens is 2. The third kappa shape index (κ3) is 2.53. The highest BCUT2D eigenvalue weighted by Crippen LogP contribution is 2.28. The SMILES string of the molecule is CCc1cc2c(NCC3CCC(=O)N3)ncnc2s1. The van der Waals surface area contributed by atoms with Gasteiger partial charge in [0.25, 0.3) is 0 Å². The summed E-state index contributed by atoms with van der Waals surface area (Å²) in [6.07, 6.45) is 4.13. The molecule has 0 aliphatic carbocycles. The van der Waals surface area contributed by atoms with Crippen molar-refractivity contribution in [3.63, 3.8) is 0 Å². The van der Waals surface area contributed by atoms with Gasteiger partial charge in [-0.05, 0) is 18.9 Å². The van der Waals surface area contributed by atoms with Gasteiger partial charge in [0, 0.05) is 23.9 Å². The molecule has 5 nitrogen and oxygen atoms in total. The Morgan fingerprint density at radius 3 is 3.16 bits per heavy atom. The molecule has 1 aliphatic rings. The molecule has 0 bridgehead atoms. The molecule has 1 saturated heterocycles. The molecule has 6 heteroatoms. The number of thiophene rings is 1. The summed E-state index contributed by atoms with van der Waals surface area (Å²) in [7, 11) is 0. The monoisotopic (exact) mass is 276 g/mol. The van der Waals surface area contributed by atoms with Gasteiger partial charge in [-0.15, -0.1) is 11.3 Å². The molecule has 100 valence electrons. The Hall–Kier alpha value is -1.69. The molecule has 0 spiro atoms. The van der Waals surface area contributed by atoms with Gasteiger partial charge in [-0.1, -0.05) is 6.92 Å². The Bertz CT molecular complexity index is 610. The van der Waals surface area contributed by atoms with Crippen molar-refractivity contribution < 1.29 is 4.79 Å². The fourth-order valence-corrected chi connectivity index (χ4v) is 3.21. The van der Waals surface area contributed by atoms with E-state index in [4.69, 9.17) is 0 Å². The molecule has 2 aromatic heterocycles. The Morgan fingerprint density at radius 1 is 1.53 bits per heavy atom. The third-order valence-corrected chi connectivity index (χ3v) is 4.52. The number of amides is 1. The van der Waals surface area contributed by atoms with Gasteiger partial charge in [0.15, 0.2) is 0 Å². The van der Waals surface area contributed by atoms with Gasteiger partial charge >= 0.3 is 0 Å². The van der Waals surface area contributed by atoms with E-state index < -0.39 is 0 Å². The van der Waals surface area contributed by atoms with E-state index >= 15 is 0 Å². The number of carbonyl (C=O) groups excluding carboxylic acids is 1. The van der Waals surface area contributed by atoms with E-state index in [0.717, 1.165) is 35.4 Å². The molecule has 1 amide bonds. The van der Waals surface area contributed by atoms with Crippen LogP contribution >= 0.6 is 11.3 Å². The van der Waals surface area contributed by atoms with Crippen LogP contribution in [-0.2, 0) is 11.2 Å². The Labute approximate surface area is 115 Å². The van der Waals surface area contributed by atoms with Crippen molar-refractivity contribution in [3.05, 3.63) is 17.3 Å². The van der Waals surface area contributed by atoms with Gasteiger partial charge < -0.3 is 10.6 Å². The van der Waals surface area contributed by atoms with E-state index in [0.29, 0.717) is 6.42 Å². The van der Waals surface area contributed by atoms with Crippen molar-refractivity contribution in [1.82, 2.24) is 15.3 Å². The smallest absolute Gasteiger partial charge is 0.220 e. The molecule has 1 atom stereocenters. The quantitative estimate of drug-likeness (QED) is 0.895. The zero-order valence-electron chi connectivity index (χ0n) is 10.8. The highest BCUT2D eigenvalue weighted by Gasteiger charge is 2.20. The number of aryl methyl sites for hydroxylation is 1. The van der Waals surface area contributed by atoms with E-state index in [9.17, 15) is 4.79 Å². The summed E-state index contributed by atoms with van der Waals surface area (Å²) in [6, 6.07) is 2.36. The normalized spacial score (nSPS) is 18.8. The number of carbonyl (C=O) groups is 1. The van der Waals surface area contributed by atoms with Crippen molar-refractivity contribution in [2.75, 3.05) is 11.9 Å². The topological polar surface area (TPSA) is 66.9 Å². The number of anilines is 1. The first-order valence-corrected chi connectivity index (χ1v) is 7.34. The van der Waals surface area contributed by atoms with Crippen molar-refractivity contribution in [2.45, 2.75) is 32.2 Å². The molecular formula is C13H16N4OS. The lowest BCUT2D eigenvalue weighted by Crippen LogP contribution is -2.32. The zero-order chi connectivity index (χ0) is 13.2. The molecule has 1 unspecified atom stereocenters. The molecule has 0 radical (unpaired) electrons. The van der Waals surface area contributed by atoms with Crippen molar-refractivity contribution in [1.29, 1.82) is 0 Å². The first-order chi connectivity index (χ1) is 9.26. The summed E-state index contributed by atoms with van der Waals surface area (Å²) in [6.45, 7) is 2.86. The summed E-state index contributed by atoms with van der Waals surface area (Å²) in [5, 5.41) is 7.35. The van der Waals surface area contributed by atoms with E-state index in [2.05, 4.69) is 33.6 Å². The van der Waals surface area contributed by atoms with Gasteiger partial charge in [-0.25, -0.2) is 9.97 Å². The van der Waals surface area contributed by atoms with Gasteiger partial charge in [0.1, 0.15) is 17.0 Å². The minimum absolute atomic E-state index is 0.142. The van der Waals surface area contributed by atoms with Crippen LogP contribution in [0.15, 0.2) is 12.4 Å². The second kappa shape index (κ2) is 5.13. The highest BCUT2D eigenvalue weighted by molar-refractivity contribution is 7.18. The second-order valence-electron chi connectivity index (χ2n) is 4.69. The molecule has 2 N–H and O–H groups in total. The third-order valence-electron chi connectivity index (χ3n) is 3.33. The van der Waals surface area contributed by atoms with Gasteiger partial charge in [0.2, 0.25) is 5.91 Å². The van der Waals surface area contributed by atoms with Gasteiger partial charge in [-0.2, -0.15) is 0 Å². The van der Waals surface area contributed by atoms with Crippen molar-refractivity contribution in [3.8, 4) is 0 Å². The van der Waals surface area contributed by atoms with Gasteiger partial charge in [0.05, 0.1) is 5.39 Å². The zero-order valence-corrected chi connectivity index (χ0v) is 11.6. The maximum absolute atomic E-state index is 11.2. The van der Waals surface area contributed by atoms with Crippen LogP contribution in [0, 0.1) is 0 Å². The molecule has 1 fully saturated rings. The van der Waals surface area contributed by atoms with E-state index in [1.165, 1.54) is 4.88 Å². The Kier molecular flexibility index (Phi) is 3.33. The molecule has 0 aromatic carbocycles. The number of hydrogen-bond acceptors (Lipinski definition) is 5. The molecule has 1 aliphatic heterocycles. The van der Waals surface area contributed by atoms with Crippen LogP contribution in [0.3, 0.4) is 0 Å². The molecule has 19 heavy (non-hydrogen) atoms. The fourth-order valence-electron chi connectivity index (χ4n) is 2.27. The number of nitrogens with zero attached hydrogens (tertiary/aromatic N) is 2. The number of nitrogens with one attached hydrogen (secondary N) is 2. The summed E-state index contributed by atoms with van der Waals surface area (Å²) in [4.78, 5) is 22.1. The maximum Gasteiger partial charge on any atom is 0.220 e. The molecular weight excluding hydrogens is 260 g/mol.